The Bertz CT molecular complexity index is 1010. The van der Waals surface area contributed by atoms with Crippen LogP contribution in [0.15, 0.2) is 78.9 Å². The van der Waals surface area contributed by atoms with Crippen LogP contribution in [0.3, 0.4) is 0 Å². The predicted molar refractivity (Wildman–Crippen MR) is 119 cm³/mol. The van der Waals surface area contributed by atoms with E-state index in [9.17, 15) is 9.59 Å². The number of benzene rings is 3. The van der Waals surface area contributed by atoms with Crippen molar-refractivity contribution >= 4 is 29.1 Å². The molecule has 0 aliphatic heterocycles. The Morgan fingerprint density at radius 2 is 1.70 bits per heavy atom. The second-order valence-electron chi connectivity index (χ2n) is 6.68. The molecule has 1 atom stereocenters. The summed E-state index contributed by atoms with van der Waals surface area (Å²) >= 11 is 5.99. The van der Waals surface area contributed by atoms with Crippen LogP contribution in [-0.2, 0) is 11.3 Å². The summed E-state index contributed by atoms with van der Waals surface area (Å²) in [6, 6.07) is 23.4. The zero-order chi connectivity index (χ0) is 21.3. The average Bonchev–Trinajstić information content (AvgIpc) is 2.77. The number of ether oxygens (including phenoxy) is 1. The number of halogens is 1. The van der Waals surface area contributed by atoms with Crippen LogP contribution in [0.1, 0.15) is 29.3 Å². The van der Waals surface area contributed by atoms with Gasteiger partial charge in [0.05, 0.1) is 11.3 Å². The molecule has 0 bridgehead atoms. The Morgan fingerprint density at radius 3 is 2.43 bits per heavy atom. The summed E-state index contributed by atoms with van der Waals surface area (Å²) in [7, 11) is 0. The van der Waals surface area contributed by atoms with Gasteiger partial charge in [-0.25, -0.2) is 0 Å². The number of carbonyl (C=O) groups excluding carboxylic acids is 2. The molecule has 30 heavy (non-hydrogen) atoms. The Morgan fingerprint density at radius 1 is 0.967 bits per heavy atom. The molecule has 0 fully saturated rings. The monoisotopic (exact) mass is 422 g/mol. The third kappa shape index (κ3) is 5.84. The number of rotatable bonds is 8. The molecule has 0 saturated heterocycles. The van der Waals surface area contributed by atoms with Gasteiger partial charge < -0.3 is 15.4 Å². The van der Waals surface area contributed by atoms with E-state index in [0.717, 1.165) is 5.56 Å². The van der Waals surface area contributed by atoms with Crippen LogP contribution in [0.2, 0.25) is 5.02 Å². The Balaban J connectivity index is 1.68. The van der Waals surface area contributed by atoms with Crippen molar-refractivity contribution < 1.29 is 14.3 Å². The van der Waals surface area contributed by atoms with E-state index in [1.807, 2.05) is 37.3 Å². The molecule has 0 aliphatic carbocycles. The molecule has 5 nitrogen and oxygen atoms in total. The van der Waals surface area contributed by atoms with Crippen LogP contribution in [0, 0.1) is 0 Å². The smallest absolute Gasteiger partial charge is 0.265 e. The van der Waals surface area contributed by atoms with Crippen LogP contribution < -0.4 is 15.4 Å². The SMILES string of the molecule is CC[C@H](Oc1cccc(Cl)c1)C(=O)Nc1ccccc1C(=O)NCc1ccccc1. The summed E-state index contributed by atoms with van der Waals surface area (Å²) in [6.45, 7) is 2.25. The van der Waals surface area contributed by atoms with Gasteiger partial charge in [0.25, 0.3) is 11.8 Å². The molecular weight excluding hydrogens is 400 g/mol. The topological polar surface area (TPSA) is 67.4 Å². The molecule has 0 unspecified atom stereocenters. The Labute approximate surface area is 181 Å². The van der Waals surface area contributed by atoms with Gasteiger partial charge in [-0.2, -0.15) is 0 Å². The second-order valence-corrected chi connectivity index (χ2v) is 7.11. The summed E-state index contributed by atoms with van der Waals surface area (Å²) in [5.41, 5.74) is 1.81. The maximum atomic E-state index is 12.8. The van der Waals surface area contributed by atoms with Crippen LogP contribution in [0.4, 0.5) is 5.69 Å². The molecule has 3 aromatic carbocycles. The molecule has 0 aliphatic rings. The van der Waals surface area contributed by atoms with Crippen molar-refractivity contribution in [3.63, 3.8) is 0 Å². The van der Waals surface area contributed by atoms with Crippen LogP contribution in [0.5, 0.6) is 5.75 Å². The van der Waals surface area contributed by atoms with E-state index in [0.29, 0.717) is 35.0 Å². The van der Waals surface area contributed by atoms with Crippen LogP contribution in [0.25, 0.3) is 0 Å². The molecule has 0 radical (unpaired) electrons. The van der Waals surface area contributed by atoms with Gasteiger partial charge in [0.1, 0.15) is 5.75 Å². The molecule has 3 aromatic rings. The molecule has 0 spiro atoms. The van der Waals surface area contributed by atoms with E-state index >= 15 is 0 Å². The fraction of sp³-hybridized carbons (Fsp3) is 0.167. The van der Waals surface area contributed by atoms with Gasteiger partial charge in [-0.15, -0.1) is 0 Å². The Hall–Kier alpha value is -3.31. The van der Waals surface area contributed by atoms with Crippen molar-refractivity contribution in [1.82, 2.24) is 5.32 Å². The zero-order valence-electron chi connectivity index (χ0n) is 16.6. The highest BCUT2D eigenvalue weighted by Gasteiger charge is 2.21. The van der Waals surface area contributed by atoms with Crippen molar-refractivity contribution in [1.29, 1.82) is 0 Å². The summed E-state index contributed by atoms with van der Waals surface area (Å²) in [5, 5.41) is 6.23. The van der Waals surface area contributed by atoms with Gasteiger partial charge in [0, 0.05) is 11.6 Å². The molecule has 2 N–H and O–H groups in total. The van der Waals surface area contributed by atoms with E-state index in [4.69, 9.17) is 16.3 Å². The summed E-state index contributed by atoms with van der Waals surface area (Å²) in [4.78, 5) is 25.5. The summed E-state index contributed by atoms with van der Waals surface area (Å²) < 4.78 is 5.79. The van der Waals surface area contributed by atoms with Crippen molar-refractivity contribution in [3.8, 4) is 5.75 Å². The van der Waals surface area contributed by atoms with Gasteiger partial charge in [0.15, 0.2) is 6.10 Å². The Kier molecular flexibility index (Phi) is 7.46. The molecule has 0 heterocycles. The highest BCUT2D eigenvalue weighted by molar-refractivity contribution is 6.30. The lowest BCUT2D eigenvalue weighted by molar-refractivity contribution is -0.122. The van der Waals surface area contributed by atoms with Gasteiger partial charge >= 0.3 is 0 Å². The molecule has 6 heteroatoms. The fourth-order valence-corrected chi connectivity index (χ4v) is 3.08. The molecule has 0 aromatic heterocycles. The molecule has 154 valence electrons. The number of hydrogen-bond donors (Lipinski definition) is 2. The lowest BCUT2D eigenvalue weighted by Gasteiger charge is -2.18. The minimum absolute atomic E-state index is 0.265. The molecular formula is C24H23ClN2O3. The van der Waals surface area contributed by atoms with Crippen molar-refractivity contribution in [3.05, 3.63) is 95.0 Å². The average molecular weight is 423 g/mol. The van der Waals surface area contributed by atoms with E-state index in [1.165, 1.54) is 0 Å². The van der Waals surface area contributed by atoms with Gasteiger partial charge in [0.2, 0.25) is 0 Å². The zero-order valence-corrected chi connectivity index (χ0v) is 17.4. The number of amides is 2. The first kappa shape index (κ1) is 21.4. The normalized spacial score (nSPS) is 11.4. The van der Waals surface area contributed by atoms with Crippen molar-refractivity contribution in [2.45, 2.75) is 26.0 Å². The fourth-order valence-electron chi connectivity index (χ4n) is 2.90. The third-order valence-electron chi connectivity index (χ3n) is 4.46. The van der Waals surface area contributed by atoms with Crippen molar-refractivity contribution in [2.75, 3.05) is 5.32 Å². The van der Waals surface area contributed by atoms with Gasteiger partial charge in [-0.1, -0.05) is 67.1 Å². The van der Waals surface area contributed by atoms with Crippen LogP contribution >= 0.6 is 11.6 Å². The summed E-state index contributed by atoms with van der Waals surface area (Å²) in [5.74, 6) is -0.0854. The number of nitrogens with one attached hydrogen (secondary N) is 2. The number of anilines is 1. The molecule has 0 saturated carbocycles. The van der Waals surface area contributed by atoms with Gasteiger partial charge in [-0.05, 0) is 42.3 Å². The highest BCUT2D eigenvalue weighted by Crippen LogP contribution is 2.21. The number of hydrogen-bond acceptors (Lipinski definition) is 3. The third-order valence-corrected chi connectivity index (χ3v) is 4.70. The summed E-state index contributed by atoms with van der Waals surface area (Å²) in [6.07, 6.45) is -0.260. The first-order valence-electron chi connectivity index (χ1n) is 9.71. The largest absolute Gasteiger partial charge is 0.481 e. The standard InChI is InChI=1S/C24H23ClN2O3/c1-2-22(30-19-12-8-11-18(25)15-19)24(29)27-21-14-7-6-13-20(21)23(28)26-16-17-9-4-3-5-10-17/h3-15,22H,2,16H2,1H3,(H,26,28)(H,27,29)/t22-/m0/s1. The minimum atomic E-state index is -0.719. The van der Waals surface area contributed by atoms with E-state index < -0.39 is 6.10 Å². The first-order chi connectivity index (χ1) is 14.6. The first-order valence-corrected chi connectivity index (χ1v) is 10.1. The second kappa shape index (κ2) is 10.5. The van der Waals surface area contributed by atoms with Crippen molar-refractivity contribution in [2.24, 2.45) is 0 Å². The van der Waals surface area contributed by atoms with E-state index in [2.05, 4.69) is 10.6 Å². The maximum absolute atomic E-state index is 12.8. The number of carbonyl (C=O) groups is 2. The predicted octanol–water partition coefficient (Wildman–Crippen LogP) is 5.07. The maximum Gasteiger partial charge on any atom is 0.265 e. The van der Waals surface area contributed by atoms with Crippen LogP contribution in [-0.4, -0.2) is 17.9 Å². The minimum Gasteiger partial charge on any atom is -0.481 e. The van der Waals surface area contributed by atoms with E-state index in [-0.39, 0.29) is 11.8 Å². The molecule has 2 amide bonds. The number of para-hydroxylation sites is 1. The van der Waals surface area contributed by atoms with E-state index in [1.54, 1.807) is 48.5 Å². The quantitative estimate of drug-likeness (QED) is 0.532. The van der Waals surface area contributed by atoms with Gasteiger partial charge in [-0.3, -0.25) is 9.59 Å². The lowest BCUT2D eigenvalue weighted by Crippen LogP contribution is -2.33. The molecule has 3 rings (SSSR count). The lowest BCUT2D eigenvalue weighted by atomic mass is 10.1. The highest BCUT2D eigenvalue weighted by atomic mass is 35.5.